The van der Waals surface area contributed by atoms with E-state index >= 15 is 4.39 Å². The number of nitrogens with zero attached hydrogens (tertiary/aromatic N) is 5. The summed E-state index contributed by atoms with van der Waals surface area (Å²) in [6.45, 7) is 4.36. The molecule has 0 radical (unpaired) electrons. The third-order valence-corrected chi connectivity index (χ3v) is 8.52. The molecule has 5 aromatic rings. The molecule has 4 heterocycles. The summed E-state index contributed by atoms with van der Waals surface area (Å²) in [6, 6.07) is 8.77. The first-order chi connectivity index (χ1) is 17.6. The fourth-order valence-corrected chi connectivity index (χ4v) is 6.33. The van der Waals surface area contributed by atoms with Crippen LogP contribution in [0.1, 0.15) is 41.4 Å². The molecule has 0 spiro atoms. The second kappa shape index (κ2) is 8.31. The SMILES string of the molecule is CN(C(=O)c1cc2c(cc1F)nc(N)c1cncn12)[C@@H]1CSC(C)(C)c2cc(-c3c[n+](C)co3)ccc21. The molecule has 3 aromatic heterocycles. The van der Waals surface area contributed by atoms with Crippen molar-refractivity contribution < 1.29 is 18.2 Å². The van der Waals surface area contributed by atoms with Crippen LogP contribution in [0.2, 0.25) is 0 Å². The molecule has 2 aromatic carbocycles. The van der Waals surface area contributed by atoms with Crippen LogP contribution in [-0.4, -0.2) is 38.0 Å². The average Bonchev–Trinajstić information content (AvgIpc) is 3.53. The molecule has 0 fully saturated rings. The van der Waals surface area contributed by atoms with Gasteiger partial charge >= 0.3 is 6.39 Å². The van der Waals surface area contributed by atoms with E-state index in [0.29, 0.717) is 22.3 Å². The summed E-state index contributed by atoms with van der Waals surface area (Å²) in [5, 5.41) is 0. The number of aryl methyl sites for hydroxylation is 1. The zero-order valence-corrected chi connectivity index (χ0v) is 21.7. The van der Waals surface area contributed by atoms with Crippen LogP contribution in [0.4, 0.5) is 10.2 Å². The molecule has 1 aliphatic rings. The van der Waals surface area contributed by atoms with E-state index in [1.54, 1.807) is 47.0 Å². The molecule has 8 nitrogen and oxygen atoms in total. The molecule has 1 amide bonds. The third kappa shape index (κ3) is 3.74. The second-order valence-corrected chi connectivity index (χ2v) is 11.5. The number of thioether (sulfide) groups is 1. The van der Waals surface area contributed by atoms with E-state index in [9.17, 15) is 4.79 Å². The van der Waals surface area contributed by atoms with Crippen LogP contribution in [-0.2, 0) is 11.8 Å². The number of imidazole rings is 1. The number of rotatable bonds is 3. The predicted octanol–water partition coefficient (Wildman–Crippen LogP) is 4.48. The highest BCUT2D eigenvalue weighted by Crippen LogP contribution is 2.48. The number of carbonyl (C=O) groups excluding carboxylic acids is 1. The molecule has 10 heteroatoms. The maximum atomic E-state index is 15.2. The summed E-state index contributed by atoms with van der Waals surface area (Å²) >= 11 is 1.77. The Morgan fingerprint density at radius 1 is 1.30 bits per heavy atom. The van der Waals surface area contributed by atoms with Crippen LogP contribution in [0.3, 0.4) is 0 Å². The minimum atomic E-state index is -0.638. The Balaban J connectivity index is 1.40. The molecule has 0 unspecified atom stereocenters. The second-order valence-electron chi connectivity index (χ2n) is 9.90. The Morgan fingerprint density at radius 2 is 2.11 bits per heavy atom. The van der Waals surface area contributed by atoms with E-state index < -0.39 is 11.7 Å². The molecular weight excluding hydrogens is 491 g/mol. The van der Waals surface area contributed by atoms with Gasteiger partial charge in [0.25, 0.3) is 5.91 Å². The summed E-state index contributed by atoms with van der Waals surface area (Å²) in [7, 11) is 3.64. The average molecular weight is 518 g/mol. The van der Waals surface area contributed by atoms with E-state index in [4.69, 9.17) is 10.2 Å². The summed E-state index contributed by atoms with van der Waals surface area (Å²) in [5.41, 5.74) is 10.7. The van der Waals surface area contributed by atoms with Crippen molar-refractivity contribution in [2.45, 2.75) is 24.6 Å². The fraction of sp³-hybridized carbons (Fsp3) is 0.259. The number of carbonyl (C=O) groups is 1. The molecule has 0 aliphatic carbocycles. The normalized spacial score (nSPS) is 16.7. The third-order valence-electron chi connectivity index (χ3n) is 7.10. The molecular formula is C27H26FN6O2S+. The first kappa shape index (κ1) is 23.5. The lowest BCUT2D eigenvalue weighted by atomic mass is 9.89. The fourth-order valence-electron chi connectivity index (χ4n) is 5.02. The molecule has 1 atom stereocenters. The van der Waals surface area contributed by atoms with Crippen LogP contribution in [0.15, 0.2) is 59.9 Å². The van der Waals surface area contributed by atoms with E-state index in [1.165, 1.54) is 12.1 Å². The zero-order valence-electron chi connectivity index (χ0n) is 20.9. The number of fused-ring (bicyclic) bond motifs is 4. The topological polar surface area (TPSA) is 93.5 Å². The highest BCUT2D eigenvalue weighted by atomic mass is 32.2. The van der Waals surface area contributed by atoms with Crippen molar-refractivity contribution in [1.29, 1.82) is 0 Å². The number of hydrogen-bond acceptors (Lipinski definition) is 6. The Morgan fingerprint density at radius 3 is 2.86 bits per heavy atom. The van der Waals surface area contributed by atoms with Gasteiger partial charge in [-0.2, -0.15) is 4.57 Å². The summed E-state index contributed by atoms with van der Waals surface area (Å²) < 4.78 is 24.4. The zero-order chi connectivity index (χ0) is 26.1. The highest BCUT2D eigenvalue weighted by Gasteiger charge is 2.37. The van der Waals surface area contributed by atoms with Crippen LogP contribution in [0.25, 0.3) is 27.9 Å². The van der Waals surface area contributed by atoms with Gasteiger partial charge in [0.05, 0.1) is 35.2 Å². The maximum Gasteiger partial charge on any atom is 0.334 e. The van der Waals surface area contributed by atoms with Crippen molar-refractivity contribution in [1.82, 2.24) is 19.3 Å². The van der Waals surface area contributed by atoms with Gasteiger partial charge in [0.1, 0.15) is 24.2 Å². The minimum absolute atomic E-state index is 0.0207. The standard InChI is InChI=1S/C27H25FN6O2S/c1-27(2)18-7-15(24-11-32(3)14-36-24)5-6-16(18)23(12-37-27)33(4)26(35)17-8-21-20(9-19(17)28)31-25(29)22-10-30-13-34(21)22/h5-11,13-14,23H,12H2,1-4H3,(H-,29,31,35)/p+1/t23-/m1/s1. The van der Waals surface area contributed by atoms with E-state index in [0.717, 1.165) is 22.5 Å². The number of oxazole rings is 1. The number of halogens is 1. The number of aromatic nitrogens is 4. The van der Waals surface area contributed by atoms with Crippen LogP contribution < -0.4 is 10.3 Å². The smallest absolute Gasteiger partial charge is 0.334 e. The lowest BCUT2D eigenvalue weighted by molar-refractivity contribution is -0.674. The quantitative estimate of drug-likeness (QED) is 0.355. The van der Waals surface area contributed by atoms with Gasteiger partial charge in [-0.1, -0.05) is 12.1 Å². The van der Waals surface area contributed by atoms with Crippen molar-refractivity contribution >= 4 is 40.0 Å². The molecule has 37 heavy (non-hydrogen) atoms. The van der Waals surface area contributed by atoms with Crippen LogP contribution in [0, 0.1) is 5.82 Å². The summed E-state index contributed by atoms with van der Waals surface area (Å²) in [6.07, 6.45) is 6.76. The van der Waals surface area contributed by atoms with E-state index in [2.05, 4.69) is 35.9 Å². The van der Waals surface area contributed by atoms with Crippen molar-refractivity contribution in [3.8, 4) is 11.3 Å². The summed E-state index contributed by atoms with van der Waals surface area (Å²) in [4.78, 5) is 23.8. The predicted molar refractivity (Wildman–Crippen MR) is 141 cm³/mol. The molecule has 0 saturated heterocycles. The van der Waals surface area contributed by atoms with Gasteiger partial charge in [0.2, 0.25) is 12.0 Å². The molecule has 6 rings (SSSR count). The maximum absolute atomic E-state index is 15.2. The molecule has 188 valence electrons. The Hall–Kier alpha value is -3.92. The molecule has 2 N–H and O–H groups in total. The number of nitrogens with two attached hydrogens (primary N) is 1. The highest BCUT2D eigenvalue weighted by molar-refractivity contribution is 8.00. The van der Waals surface area contributed by atoms with Gasteiger partial charge in [-0.3, -0.25) is 9.20 Å². The van der Waals surface area contributed by atoms with E-state index in [1.807, 2.05) is 23.9 Å². The number of amides is 1. The van der Waals surface area contributed by atoms with Gasteiger partial charge < -0.3 is 15.1 Å². The van der Waals surface area contributed by atoms with Gasteiger partial charge in [0.15, 0.2) is 0 Å². The largest absolute Gasteiger partial charge is 0.404 e. The van der Waals surface area contributed by atoms with Gasteiger partial charge in [-0.15, -0.1) is 11.8 Å². The van der Waals surface area contributed by atoms with Gasteiger partial charge in [-0.05, 0) is 37.1 Å². The van der Waals surface area contributed by atoms with Crippen molar-refractivity contribution in [2.24, 2.45) is 7.05 Å². The van der Waals surface area contributed by atoms with Crippen molar-refractivity contribution in [2.75, 3.05) is 18.5 Å². The Bertz CT molecular complexity index is 1710. The molecule has 1 aliphatic heterocycles. The first-order valence-corrected chi connectivity index (χ1v) is 12.8. The monoisotopic (exact) mass is 517 g/mol. The van der Waals surface area contributed by atoms with Crippen molar-refractivity contribution in [3.63, 3.8) is 0 Å². The van der Waals surface area contributed by atoms with Gasteiger partial charge in [-0.25, -0.2) is 14.4 Å². The molecule has 0 bridgehead atoms. The number of nitrogen functional groups attached to an aromatic ring is 1. The lowest BCUT2D eigenvalue weighted by Gasteiger charge is -2.40. The first-order valence-electron chi connectivity index (χ1n) is 11.8. The summed E-state index contributed by atoms with van der Waals surface area (Å²) in [5.74, 6) is 0.678. The van der Waals surface area contributed by atoms with E-state index in [-0.39, 0.29) is 22.2 Å². The van der Waals surface area contributed by atoms with Gasteiger partial charge in [0, 0.05) is 29.2 Å². The number of benzene rings is 2. The number of hydrogen-bond donors (Lipinski definition) is 1. The number of anilines is 1. The minimum Gasteiger partial charge on any atom is -0.404 e. The van der Waals surface area contributed by atoms with Crippen LogP contribution in [0.5, 0.6) is 0 Å². The van der Waals surface area contributed by atoms with Crippen LogP contribution >= 0.6 is 11.8 Å². The Kier molecular flexibility index (Phi) is 5.27. The van der Waals surface area contributed by atoms with Crippen molar-refractivity contribution in [3.05, 3.63) is 78.0 Å². The Labute approximate surface area is 216 Å². The molecule has 0 saturated carbocycles. The lowest BCUT2D eigenvalue weighted by Crippen LogP contribution is -2.37.